The Balaban J connectivity index is 1.50. The number of rotatable bonds is 8. The number of hydrogen-bond donors (Lipinski definition) is 1. The fourth-order valence-electron chi connectivity index (χ4n) is 4.46. The third-order valence-corrected chi connectivity index (χ3v) is 8.90. The first-order chi connectivity index (χ1) is 17.6. The van der Waals surface area contributed by atoms with Gasteiger partial charge in [-0.15, -0.1) is 0 Å². The minimum Gasteiger partial charge on any atom is -0.372 e. The van der Waals surface area contributed by atoms with Crippen molar-refractivity contribution in [1.29, 1.82) is 0 Å². The highest BCUT2D eigenvalue weighted by Gasteiger charge is 2.28. The van der Waals surface area contributed by atoms with Crippen molar-refractivity contribution >= 4 is 50.5 Å². The third-order valence-electron chi connectivity index (χ3n) is 6.67. The monoisotopic (exact) mass is 559 g/mol. The summed E-state index contributed by atoms with van der Waals surface area (Å²) in [6, 6.07) is 20.3. The zero-order valence-corrected chi connectivity index (χ0v) is 23.2. The predicted molar refractivity (Wildman–Crippen MR) is 151 cm³/mol. The number of halogens is 2. The quantitative estimate of drug-likeness (QED) is 0.351. The molecule has 6 nitrogen and oxygen atoms in total. The standard InChI is InChI=1S/C28H31Cl2N3O3S/c1-20-12-14-32(15-13-20)25-10-8-22(9-11-25)21(2)31-28(34)19-33(26-17-23(29)16-24(30)18-26)37(35,36)27-6-4-3-5-7-27/h3-11,16-18,20-21H,12-15,19H2,1-2H3,(H,31,34). The van der Waals surface area contributed by atoms with Crippen molar-refractivity contribution in [3.05, 3.63) is 88.4 Å². The Morgan fingerprint density at radius 3 is 2.19 bits per heavy atom. The van der Waals surface area contributed by atoms with Crippen LogP contribution in [0.1, 0.15) is 38.3 Å². The normalized spacial score (nSPS) is 15.3. The highest BCUT2D eigenvalue weighted by Crippen LogP contribution is 2.30. The molecule has 1 heterocycles. The van der Waals surface area contributed by atoms with Crippen LogP contribution < -0.4 is 14.5 Å². The lowest BCUT2D eigenvalue weighted by Gasteiger charge is -2.32. The number of nitrogens with zero attached hydrogens (tertiary/aromatic N) is 2. The van der Waals surface area contributed by atoms with Crippen LogP contribution in [0.4, 0.5) is 11.4 Å². The maximum atomic E-state index is 13.5. The Kier molecular flexibility index (Phi) is 8.67. The van der Waals surface area contributed by atoms with Crippen LogP contribution >= 0.6 is 23.2 Å². The van der Waals surface area contributed by atoms with E-state index >= 15 is 0 Å². The fraction of sp³-hybridized carbons (Fsp3) is 0.321. The van der Waals surface area contributed by atoms with E-state index in [2.05, 4.69) is 29.3 Å². The average Bonchev–Trinajstić information content (AvgIpc) is 2.87. The van der Waals surface area contributed by atoms with E-state index in [1.54, 1.807) is 18.2 Å². The highest BCUT2D eigenvalue weighted by atomic mass is 35.5. The molecule has 3 aromatic rings. The van der Waals surface area contributed by atoms with Gasteiger partial charge in [-0.1, -0.05) is 60.5 Å². The second kappa shape index (κ2) is 11.8. The topological polar surface area (TPSA) is 69.7 Å². The third kappa shape index (κ3) is 6.78. The molecule has 1 fully saturated rings. The summed E-state index contributed by atoms with van der Waals surface area (Å²) in [7, 11) is -4.06. The Labute approximate surface area is 229 Å². The number of sulfonamides is 1. The molecule has 4 rings (SSSR count). The number of amides is 1. The van der Waals surface area contributed by atoms with Gasteiger partial charge in [-0.25, -0.2) is 8.42 Å². The molecule has 196 valence electrons. The van der Waals surface area contributed by atoms with E-state index in [-0.39, 0.29) is 26.7 Å². The molecule has 0 aromatic heterocycles. The zero-order valence-electron chi connectivity index (χ0n) is 20.9. The molecule has 1 aliphatic rings. The molecule has 1 aliphatic heterocycles. The minimum atomic E-state index is -4.06. The number of carbonyl (C=O) groups excluding carboxylic acids is 1. The largest absolute Gasteiger partial charge is 0.372 e. The molecular formula is C28H31Cl2N3O3S. The molecule has 0 aliphatic carbocycles. The summed E-state index contributed by atoms with van der Waals surface area (Å²) in [5.41, 5.74) is 2.32. The smallest absolute Gasteiger partial charge is 0.264 e. The van der Waals surface area contributed by atoms with Crippen molar-refractivity contribution < 1.29 is 13.2 Å². The van der Waals surface area contributed by atoms with Crippen LogP contribution in [-0.4, -0.2) is 34.0 Å². The lowest BCUT2D eigenvalue weighted by molar-refractivity contribution is -0.120. The van der Waals surface area contributed by atoms with Gasteiger partial charge in [-0.3, -0.25) is 9.10 Å². The molecule has 37 heavy (non-hydrogen) atoms. The number of nitrogens with one attached hydrogen (secondary N) is 1. The predicted octanol–water partition coefficient (Wildman–Crippen LogP) is 6.30. The van der Waals surface area contributed by atoms with E-state index in [0.717, 1.165) is 28.9 Å². The molecule has 1 N–H and O–H groups in total. The van der Waals surface area contributed by atoms with Crippen molar-refractivity contribution in [2.75, 3.05) is 28.8 Å². The van der Waals surface area contributed by atoms with Crippen molar-refractivity contribution in [3.63, 3.8) is 0 Å². The molecule has 1 atom stereocenters. The average molecular weight is 561 g/mol. The number of anilines is 2. The van der Waals surface area contributed by atoms with E-state index < -0.39 is 22.5 Å². The number of benzene rings is 3. The molecule has 9 heteroatoms. The summed E-state index contributed by atoms with van der Waals surface area (Å²) < 4.78 is 28.1. The van der Waals surface area contributed by atoms with Gasteiger partial charge in [0.05, 0.1) is 16.6 Å². The van der Waals surface area contributed by atoms with Gasteiger partial charge in [0.15, 0.2) is 0 Å². The first-order valence-corrected chi connectivity index (χ1v) is 14.5. The number of hydrogen-bond acceptors (Lipinski definition) is 4. The molecule has 0 saturated carbocycles. The summed E-state index contributed by atoms with van der Waals surface area (Å²) in [5, 5.41) is 3.47. The Morgan fingerprint density at radius 1 is 1.00 bits per heavy atom. The van der Waals surface area contributed by atoms with E-state index in [9.17, 15) is 13.2 Å². The highest BCUT2D eigenvalue weighted by molar-refractivity contribution is 7.92. The van der Waals surface area contributed by atoms with Gasteiger partial charge in [-0.05, 0) is 73.7 Å². The first-order valence-electron chi connectivity index (χ1n) is 12.3. The number of carbonyl (C=O) groups is 1. The van der Waals surface area contributed by atoms with Gasteiger partial charge >= 0.3 is 0 Å². The Bertz CT molecular complexity index is 1310. The van der Waals surface area contributed by atoms with E-state index in [4.69, 9.17) is 23.2 Å². The maximum absolute atomic E-state index is 13.5. The van der Waals surface area contributed by atoms with Gasteiger partial charge in [0, 0.05) is 28.8 Å². The van der Waals surface area contributed by atoms with Crippen molar-refractivity contribution in [2.45, 2.75) is 37.6 Å². The molecule has 1 amide bonds. The summed E-state index contributed by atoms with van der Waals surface area (Å²) in [6.45, 7) is 5.83. The van der Waals surface area contributed by atoms with Crippen LogP contribution in [-0.2, 0) is 14.8 Å². The van der Waals surface area contributed by atoms with Crippen LogP contribution in [0.25, 0.3) is 0 Å². The van der Waals surface area contributed by atoms with E-state index in [1.807, 2.05) is 19.1 Å². The SMILES string of the molecule is CC1CCN(c2ccc(C(C)NC(=O)CN(c3cc(Cl)cc(Cl)c3)S(=O)(=O)c3ccccc3)cc2)CC1. The van der Waals surface area contributed by atoms with Crippen LogP contribution in [0.5, 0.6) is 0 Å². The first kappa shape index (κ1) is 27.3. The van der Waals surface area contributed by atoms with E-state index in [1.165, 1.54) is 48.9 Å². The minimum absolute atomic E-state index is 0.0645. The maximum Gasteiger partial charge on any atom is 0.264 e. The van der Waals surface area contributed by atoms with Crippen LogP contribution in [0.3, 0.4) is 0 Å². The van der Waals surface area contributed by atoms with Gasteiger partial charge < -0.3 is 10.2 Å². The molecule has 0 bridgehead atoms. The molecular weight excluding hydrogens is 529 g/mol. The van der Waals surface area contributed by atoms with Crippen LogP contribution in [0.2, 0.25) is 10.0 Å². The molecule has 1 saturated heterocycles. The van der Waals surface area contributed by atoms with Crippen molar-refractivity contribution in [2.24, 2.45) is 5.92 Å². The summed E-state index contributed by atoms with van der Waals surface area (Å²) >= 11 is 12.3. The van der Waals surface area contributed by atoms with Gasteiger partial charge in [0.1, 0.15) is 6.54 Å². The van der Waals surface area contributed by atoms with E-state index in [0.29, 0.717) is 0 Å². The second-order valence-electron chi connectivity index (χ2n) is 9.50. The number of piperidine rings is 1. The summed E-state index contributed by atoms with van der Waals surface area (Å²) in [4.78, 5) is 15.6. The summed E-state index contributed by atoms with van der Waals surface area (Å²) in [5.74, 6) is 0.316. The Morgan fingerprint density at radius 2 is 1.59 bits per heavy atom. The molecule has 1 unspecified atom stereocenters. The van der Waals surface area contributed by atoms with Crippen molar-refractivity contribution in [3.8, 4) is 0 Å². The van der Waals surface area contributed by atoms with Crippen molar-refractivity contribution in [1.82, 2.24) is 5.32 Å². The second-order valence-corrected chi connectivity index (χ2v) is 12.2. The van der Waals surface area contributed by atoms with Crippen LogP contribution in [0, 0.1) is 5.92 Å². The molecule has 3 aromatic carbocycles. The van der Waals surface area contributed by atoms with Gasteiger partial charge in [0.25, 0.3) is 10.0 Å². The zero-order chi connectivity index (χ0) is 26.6. The fourth-order valence-corrected chi connectivity index (χ4v) is 6.40. The van der Waals surface area contributed by atoms with Gasteiger partial charge in [-0.2, -0.15) is 0 Å². The Hall–Kier alpha value is -2.74. The lowest BCUT2D eigenvalue weighted by Crippen LogP contribution is -2.41. The summed E-state index contributed by atoms with van der Waals surface area (Å²) in [6.07, 6.45) is 2.38. The lowest BCUT2D eigenvalue weighted by atomic mass is 9.98. The van der Waals surface area contributed by atoms with Crippen LogP contribution in [0.15, 0.2) is 77.7 Å². The molecule has 0 spiro atoms. The van der Waals surface area contributed by atoms with Gasteiger partial charge in [0.2, 0.25) is 5.91 Å². The molecule has 0 radical (unpaired) electrons.